The highest BCUT2D eigenvalue weighted by Crippen LogP contribution is 2.39. The lowest BCUT2D eigenvalue weighted by atomic mass is 9.99. The largest absolute Gasteiger partial charge is 0.349 e. The number of nitrogens with zero attached hydrogens (tertiary/aromatic N) is 1. The van der Waals surface area contributed by atoms with Crippen molar-refractivity contribution >= 4 is 61.0 Å². The van der Waals surface area contributed by atoms with Gasteiger partial charge in [0.15, 0.2) is 0 Å². The Labute approximate surface area is 265 Å². The van der Waals surface area contributed by atoms with Gasteiger partial charge in [-0.25, -0.2) is 0 Å². The van der Waals surface area contributed by atoms with Crippen molar-refractivity contribution in [1.29, 1.82) is 0 Å². The zero-order valence-corrected chi connectivity index (χ0v) is 27.5. The van der Waals surface area contributed by atoms with Crippen LogP contribution in [0.4, 0.5) is 0 Å². The van der Waals surface area contributed by atoms with Gasteiger partial charge in [-0.05, 0) is 61.4 Å². The standard InChI is InChI=1S/C31H41BrN4O4S2/c1-21(2)19-27(35-28(37)9-4-3-8-25-15-18-41-42-25)30(39)36-26(20-22-10-12-23(32)13-11-22)29(38)31(40)34-17-14-24-7-5-6-16-33-24/h5-7,10-13,16,21,25-27H,3-4,8-9,14-15,17-20H2,1-2H3,(H,34,40)(H,35,37)(H,36,39)/t25?,26-,27-/m0/s1. The smallest absolute Gasteiger partial charge is 0.289 e. The van der Waals surface area contributed by atoms with Crippen molar-refractivity contribution in [3.63, 3.8) is 0 Å². The van der Waals surface area contributed by atoms with Gasteiger partial charge in [-0.2, -0.15) is 0 Å². The van der Waals surface area contributed by atoms with Gasteiger partial charge >= 0.3 is 0 Å². The van der Waals surface area contributed by atoms with Crippen LogP contribution >= 0.6 is 37.5 Å². The lowest BCUT2D eigenvalue weighted by Crippen LogP contribution is -2.55. The Morgan fingerprint density at radius 3 is 2.48 bits per heavy atom. The van der Waals surface area contributed by atoms with E-state index in [4.69, 9.17) is 0 Å². The number of hydrogen-bond donors (Lipinski definition) is 3. The van der Waals surface area contributed by atoms with Crippen LogP contribution in [0.3, 0.4) is 0 Å². The maximum atomic E-state index is 13.5. The molecule has 3 atom stereocenters. The molecule has 2 heterocycles. The van der Waals surface area contributed by atoms with Gasteiger partial charge in [0.05, 0.1) is 0 Å². The van der Waals surface area contributed by atoms with Crippen molar-refractivity contribution in [1.82, 2.24) is 20.9 Å². The van der Waals surface area contributed by atoms with E-state index in [9.17, 15) is 19.2 Å². The average Bonchev–Trinajstić information content (AvgIpc) is 3.49. The second-order valence-electron chi connectivity index (χ2n) is 10.9. The molecule has 11 heteroatoms. The molecule has 1 aromatic heterocycles. The molecule has 1 saturated heterocycles. The van der Waals surface area contributed by atoms with Gasteiger partial charge in [-0.15, -0.1) is 0 Å². The first-order chi connectivity index (χ1) is 20.2. The minimum absolute atomic E-state index is 0.133. The van der Waals surface area contributed by atoms with Crippen LogP contribution in [0.2, 0.25) is 0 Å². The fourth-order valence-electron chi connectivity index (χ4n) is 4.62. The molecule has 1 fully saturated rings. The first-order valence-corrected chi connectivity index (χ1v) is 17.7. The number of nitrogens with one attached hydrogen (secondary N) is 3. The summed E-state index contributed by atoms with van der Waals surface area (Å²) in [6, 6.07) is 11.0. The van der Waals surface area contributed by atoms with Gasteiger partial charge in [-0.1, -0.05) is 76.0 Å². The number of halogens is 1. The van der Waals surface area contributed by atoms with Crippen molar-refractivity contribution in [2.24, 2.45) is 5.92 Å². The topological polar surface area (TPSA) is 117 Å². The number of carbonyl (C=O) groups is 4. The molecule has 1 aliphatic rings. The zero-order valence-electron chi connectivity index (χ0n) is 24.3. The fraction of sp³-hybridized carbons (Fsp3) is 0.516. The third kappa shape index (κ3) is 12.5. The molecule has 0 bridgehead atoms. The maximum absolute atomic E-state index is 13.5. The number of ketones is 1. The van der Waals surface area contributed by atoms with Crippen LogP contribution in [0.1, 0.15) is 63.6 Å². The Balaban J connectivity index is 1.61. The number of amides is 3. The summed E-state index contributed by atoms with van der Waals surface area (Å²) in [5.41, 5.74) is 1.59. The van der Waals surface area contributed by atoms with Gasteiger partial charge in [-0.3, -0.25) is 24.2 Å². The third-order valence-electron chi connectivity index (χ3n) is 6.87. The van der Waals surface area contributed by atoms with Crippen molar-refractivity contribution in [3.8, 4) is 0 Å². The van der Waals surface area contributed by atoms with E-state index in [0.29, 0.717) is 24.5 Å². The van der Waals surface area contributed by atoms with E-state index in [-0.39, 0.29) is 24.8 Å². The molecule has 0 spiro atoms. The number of Topliss-reactive ketones (excluding diaryl/α,β-unsaturated/α-hetero) is 1. The summed E-state index contributed by atoms with van der Waals surface area (Å²) >= 11 is 3.41. The lowest BCUT2D eigenvalue weighted by Gasteiger charge is -2.24. The monoisotopic (exact) mass is 676 g/mol. The SMILES string of the molecule is CC(C)C[C@H](NC(=O)CCCCC1CCSS1)C(=O)N[C@@H](Cc1ccc(Br)cc1)C(=O)C(=O)NCCc1ccccn1. The van der Waals surface area contributed by atoms with Crippen LogP contribution in [0.25, 0.3) is 0 Å². The molecule has 1 aliphatic heterocycles. The van der Waals surface area contributed by atoms with Crippen molar-refractivity contribution in [2.45, 2.75) is 82.5 Å². The van der Waals surface area contributed by atoms with Gasteiger partial charge in [0.1, 0.15) is 12.1 Å². The summed E-state index contributed by atoms with van der Waals surface area (Å²) in [5.74, 6) is -0.810. The third-order valence-corrected chi connectivity index (χ3v) is 10.4. The highest BCUT2D eigenvalue weighted by atomic mass is 79.9. The van der Waals surface area contributed by atoms with E-state index in [1.807, 2.05) is 77.9 Å². The molecule has 1 aromatic carbocycles. The van der Waals surface area contributed by atoms with E-state index >= 15 is 0 Å². The second kappa shape index (κ2) is 18.3. The minimum atomic E-state index is -1.08. The van der Waals surface area contributed by atoms with E-state index in [2.05, 4.69) is 36.9 Å². The minimum Gasteiger partial charge on any atom is -0.349 e. The number of carbonyl (C=O) groups excluding carboxylic acids is 4. The highest BCUT2D eigenvalue weighted by molar-refractivity contribution is 9.10. The number of unbranched alkanes of at least 4 members (excludes halogenated alkanes) is 1. The molecule has 1 unspecified atom stereocenters. The van der Waals surface area contributed by atoms with E-state index in [0.717, 1.165) is 35.0 Å². The molecular weight excluding hydrogens is 636 g/mol. The fourth-order valence-corrected chi connectivity index (χ4v) is 7.92. The summed E-state index contributed by atoms with van der Waals surface area (Å²) in [6.07, 6.45) is 7.14. The quantitative estimate of drug-likeness (QED) is 0.122. The Hall–Kier alpha value is -2.37. The van der Waals surface area contributed by atoms with E-state index in [1.165, 1.54) is 12.2 Å². The summed E-state index contributed by atoms with van der Waals surface area (Å²) < 4.78 is 0.881. The molecule has 0 saturated carbocycles. The van der Waals surface area contributed by atoms with Crippen molar-refractivity contribution in [3.05, 3.63) is 64.4 Å². The number of rotatable bonds is 17. The highest BCUT2D eigenvalue weighted by Gasteiger charge is 2.30. The lowest BCUT2D eigenvalue weighted by molar-refractivity contribution is -0.140. The molecule has 3 N–H and O–H groups in total. The molecule has 228 valence electrons. The second-order valence-corrected chi connectivity index (χ2v) is 14.6. The molecule has 0 aliphatic carbocycles. The molecule has 3 amide bonds. The van der Waals surface area contributed by atoms with Gasteiger partial charge < -0.3 is 16.0 Å². The van der Waals surface area contributed by atoms with Crippen molar-refractivity contribution < 1.29 is 19.2 Å². The molecule has 3 rings (SSSR count). The normalized spacial score (nSPS) is 16.0. The van der Waals surface area contributed by atoms with Crippen LogP contribution in [0, 0.1) is 5.92 Å². The van der Waals surface area contributed by atoms with Gasteiger partial charge in [0.2, 0.25) is 17.6 Å². The number of aromatic nitrogens is 1. The predicted molar refractivity (Wildman–Crippen MR) is 174 cm³/mol. The molecule has 0 radical (unpaired) electrons. The first kappa shape index (κ1) is 34.1. The summed E-state index contributed by atoms with van der Waals surface area (Å²) in [6.45, 7) is 4.19. The summed E-state index contributed by atoms with van der Waals surface area (Å²) in [4.78, 5) is 56.6. The zero-order chi connectivity index (χ0) is 30.3. The number of pyridine rings is 1. The van der Waals surface area contributed by atoms with Gasteiger partial charge in [0.25, 0.3) is 5.91 Å². The van der Waals surface area contributed by atoms with Crippen LogP contribution in [0.5, 0.6) is 0 Å². The van der Waals surface area contributed by atoms with Crippen LogP contribution in [-0.4, -0.2) is 58.1 Å². The van der Waals surface area contributed by atoms with Crippen LogP contribution in [-0.2, 0) is 32.0 Å². The predicted octanol–water partition coefficient (Wildman–Crippen LogP) is 5.04. The van der Waals surface area contributed by atoms with Crippen molar-refractivity contribution in [2.75, 3.05) is 12.3 Å². The van der Waals surface area contributed by atoms with E-state index in [1.54, 1.807) is 6.20 Å². The Kier molecular flexibility index (Phi) is 14.9. The Bertz CT molecular complexity index is 1160. The van der Waals surface area contributed by atoms with Crippen LogP contribution in [0.15, 0.2) is 53.1 Å². The van der Waals surface area contributed by atoms with Crippen LogP contribution < -0.4 is 16.0 Å². The molecule has 8 nitrogen and oxygen atoms in total. The molecule has 2 aromatic rings. The molecule has 42 heavy (non-hydrogen) atoms. The summed E-state index contributed by atoms with van der Waals surface area (Å²) in [5, 5.41) is 9.01. The van der Waals surface area contributed by atoms with E-state index < -0.39 is 29.7 Å². The first-order valence-electron chi connectivity index (χ1n) is 14.6. The number of benzene rings is 1. The Morgan fingerprint density at radius 2 is 1.81 bits per heavy atom. The molecular formula is C31H41BrN4O4S2. The number of hydrogen-bond acceptors (Lipinski definition) is 7. The maximum Gasteiger partial charge on any atom is 0.289 e. The van der Waals surface area contributed by atoms with Gasteiger partial charge in [0, 0.05) is 53.2 Å². The Morgan fingerprint density at radius 1 is 1.02 bits per heavy atom. The summed E-state index contributed by atoms with van der Waals surface area (Å²) in [7, 11) is 3.85. The average molecular weight is 678 g/mol.